The topological polar surface area (TPSA) is 35.5 Å². The molecule has 1 aromatic rings. The van der Waals surface area contributed by atoms with Gasteiger partial charge in [0.15, 0.2) is 11.6 Å². The molecule has 1 aliphatic heterocycles. The Morgan fingerprint density at radius 2 is 1.70 bits per heavy atom. The lowest BCUT2D eigenvalue weighted by atomic mass is 10.0. The van der Waals surface area contributed by atoms with Crippen molar-refractivity contribution in [3.63, 3.8) is 0 Å². The second kappa shape index (κ2) is 7.83. The van der Waals surface area contributed by atoms with Crippen LogP contribution in [-0.2, 0) is 0 Å². The van der Waals surface area contributed by atoms with E-state index >= 15 is 0 Å². The molecule has 0 aromatic heterocycles. The fourth-order valence-corrected chi connectivity index (χ4v) is 2.44. The SMILES string of the molecule is Cl.OCC[C@@H](c1cc(F)c(F)cc1F)N1CCNCC1. The van der Waals surface area contributed by atoms with Gasteiger partial charge < -0.3 is 10.4 Å². The molecule has 0 spiro atoms. The molecule has 1 saturated heterocycles. The van der Waals surface area contributed by atoms with Gasteiger partial charge in [-0.15, -0.1) is 12.4 Å². The quantitative estimate of drug-likeness (QED) is 0.833. The average molecular weight is 311 g/mol. The van der Waals surface area contributed by atoms with Gasteiger partial charge in [0.25, 0.3) is 0 Å². The Balaban J connectivity index is 0.00000200. The third-order valence-corrected chi connectivity index (χ3v) is 3.39. The minimum atomic E-state index is -1.19. The Hall–Kier alpha value is -0.820. The highest BCUT2D eigenvalue weighted by molar-refractivity contribution is 5.85. The maximum atomic E-state index is 13.8. The number of nitrogens with one attached hydrogen (secondary N) is 1. The normalized spacial score (nSPS) is 17.6. The summed E-state index contributed by atoms with van der Waals surface area (Å²) in [5, 5.41) is 12.3. The lowest BCUT2D eigenvalue weighted by Gasteiger charge is -2.35. The van der Waals surface area contributed by atoms with Crippen molar-refractivity contribution < 1.29 is 18.3 Å². The van der Waals surface area contributed by atoms with Crippen LogP contribution in [0.4, 0.5) is 13.2 Å². The van der Waals surface area contributed by atoms with Crippen molar-refractivity contribution in [2.45, 2.75) is 12.5 Å². The van der Waals surface area contributed by atoms with E-state index in [0.717, 1.165) is 19.2 Å². The first-order valence-corrected chi connectivity index (χ1v) is 6.33. The summed E-state index contributed by atoms with van der Waals surface area (Å²) in [6.45, 7) is 2.75. The number of nitrogens with zero attached hydrogens (tertiary/aromatic N) is 1. The molecule has 0 aliphatic carbocycles. The molecule has 2 N–H and O–H groups in total. The number of halogens is 4. The van der Waals surface area contributed by atoms with Gasteiger partial charge in [-0.2, -0.15) is 0 Å². The largest absolute Gasteiger partial charge is 0.396 e. The Labute approximate surface area is 122 Å². The summed E-state index contributed by atoms with van der Waals surface area (Å²) >= 11 is 0. The number of aliphatic hydroxyl groups excluding tert-OH is 1. The van der Waals surface area contributed by atoms with Crippen molar-refractivity contribution in [1.82, 2.24) is 10.2 Å². The maximum absolute atomic E-state index is 13.8. The standard InChI is InChI=1S/C13H17F3N2O.ClH/c14-10-8-12(16)11(15)7-9(10)13(1-6-19)18-4-2-17-3-5-18;/h7-8,13,17,19H,1-6H2;1H/t13-;/m0./s1. The van der Waals surface area contributed by atoms with Gasteiger partial charge in [-0.25, -0.2) is 13.2 Å². The smallest absolute Gasteiger partial charge is 0.161 e. The van der Waals surface area contributed by atoms with Gasteiger partial charge in [-0.1, -0.05) is 0 Å². The number of benzene rings is 1. The highest BCUT2D eigenvalue weighted by atomic mass is 35.5. The predicted octanol–water partition coefficient (Wildman–Crippen LogP) is 1.85. The van der Waals surface area contributed by atoms with Crippen molar-refractivity contribution in [1.29, 1.82) is 0 Å². The van der Waals surface area contributed by atoms with Gasteiger partial charge in [-0.3, -0.25) is 4.90 Å². The van der Waals surface area contributed by atoms with Crippen LogP contribution in [0.15, 0.2) is 12.1 Å². The van der Waals surface area contributed by atoms with Gasteiger partial charge in [-0.05, 0) is 12.5 Å². The van der Waals surface area contributed by atoms with Gasteiger partial charge in [0.05, 0.1) is 0 Å². The Bertz CT molecular complexity index is 442. The Morgan fingerprint density at radius 1 is 1.10 bits per heavy atom. The first-order chi connectivity index (χ1) is 9.13. The molecule has 7 heteroatoms. The molecule has 0 saturated carbocycles. The molecule has 0 bridgehead atoms. The molecule has 114 valence electrons. The van der Waals surface area contributed by atoms with E-state index < -0.39 is 23.5 Å². The predicted molar refractivity (Wildman–Crippen MR) is 72.5 cm³/mol. The molecule has 1 aromatic carbocycles. The summed E-state index contributed by atoms with van der Waals surface area (Å²) in [6.07, 6.45) is 0.294. The summed E-state index contributed by atoms with van der Waals surface area (Å²) in [4.78, 5) is 1.97. The lowest BCUT2D eigenvalue weighted by molar-refractivity contribution is 0.138. The number of hydrogen-bond donors (Lipinski definition) is 2. The lowest BCUT2D eigenvalue weighted by Crippen LogP contribution is -2.45. The van der Waals surface area contributed by atoms with E-state index in [2.05, 4.69) is 5.32 Å². The summed E-state index contributed by atoms with van der Waals surface area (Å²) in [6, 6.07) is 1.03. The minimum absolute atomic E-state index is 0. The van der Waals surface area contributed by atoms with E-state index in [4.69, 9.17) is 5.11 Å². The van der Waals surface area contributed by atoms with Crippen LogP contribution in [0.5, 0.6) is 0 Å². The van der Waals surface area contributed by atoms with Crippen LogP contribution in [0.1, 0.15) is 18.0 Å². The number of aliphatic hydroxyl groups is 1. The third kappa shape index (κ3) is 3.85. The van der Waals surface area contributed by atoms with E-state index in [0.29, 0.717) is 25.6 Å². The molecule has 2 rings (SSSR count). The van der Waals surface area contributed by atoms with Crippen molar-refractivity contribution >= 4 is 12.4 Å². The first kappa shape index (κ1) is 17.2. The molecule has 3 nitrogen and oxygen atoms in total. The second-order valence-electron chi connectivity index (χ2n) is 4.60. The van der Waals surface area contributed by atoms with Crippen LogP contribution in [0.2, 0.25) is 0 Å². The highest BCUT2D eigenvalue weighted by Crippen LogP contribution is 2.28. The van der Waals surface area contributed by atoms with Crippen LogP contribution in [0, 0.1) is 17.5 Å². The minimum Gasteiger partial charge on any atom is -0.396 e. The zero-order valence-electron chi connectivity index (χ0n) is 10.9. The summed E-state index contributed by atoms with van der Waals surface area (Å²) in [5.74, 6) is -3.02. The molecule has 0 unspecified atom stereocenters. The zero-order chi connectivity index (χ0) is 13.8. The molecular weight excluding hydrogens is 293 g/mol. The summed E-state index contributed by atoms with van der Waals surface area (Å²) in [5.41, 5.74) is 0.106. The summed E-state index contributed by atoms with van der Waals surface area (Å²) < 4.78 is 40.1. The Kier molecular flexibility index (Phi) is 6.75. The van der Waals surface area contributed by atoms with Gasteiger partial charge in [0.1, 0.15) is 5.82 Å². The molecule has 0 radical (unpaired) electrons. The Morgan fingerprint density at radius 3 is 2.30 bits per heavy atom. The first-order valence-electron chi connectivity index (χ1n) is 6.33. The highest BCUT2D eigenvalue weighted by Gasteiger charge is 2.25. The monoisotopic (exact) mass is 310 g/mol. The van der Waals surface area contributed by atoms with Crippen molar-refractivity contribution in [3.05, 3.63) is 35.1 Å². The fourth-order valence-electron chi connectivity index (χ4n) is 2.44. The fraction of sp³-hybridized carbons (Fsp3) is 0.538. The molecular formula is C13H18ClF3N2O. The van der Waals surface area contributed by atoms with Crippen LogP contribution >= 0.6 is 12.4 Å². The number of hydrogen-bond acceptors (Lipinski definition) is 3. The molecule has 1 heterocycles. The average Bonchev–Trinajstić information content (AvgIpc) is 2.42. The summed E-state index contributed by atoms with van der Waals surface area (Å²) in [7, 11) is 0. The van der Waals surface area contributed by atoms with E-state index in [1.807, 2.05) is 4.90 Å². The second-order valence-corrected chi connectivity index (χ2v) is 4.60. The zero-order valence-corrected chi connectivity index (χ0v) is 11.7. The number of rotatable bonds is 4. The van der Waals surface area contributed by atoms with Crippen LogP contribution < -0.4 is 5.32 Å². The maximum Gasteiger partial charge on any atom is 0.161 e. The van der Waals surface area contributed by atoms with Gasteiger partial charge in [0, 0.05) is 50.5 Å². The molecule has 1 aliphatic rings. The number of piperazine rings is 1. The molecule has 0 amide bonds. The molecule has 20 heavy (non-hydrogen) atoms. The van der Waals surface area contributed by atoms with Crippen molar-refractivity contribution in [2.75, 3.05) is 32.8 Å². The van der Waals surface area contributed by atoms with Crippen molar-refractivity contribution in [3.8, 4) is 0 Å². The molecule has 1 fully saturated rings. The van der Waals surface area contributed by atoms with Gasteiger partial charge in [0.2, 0.25) is 0 Å². The van der Waals surface area contributed by atoms with Crippen LogP contribution in [0.25, 0.3) is 0 Å². The van der Waals surface area contributed by atoms with E-state index in [-0.39, 0.29) is 24.6 Å². The van der Waals surface area contributed by atoms with E-state index in [1.165, 1.54) is 0 Å². The van der Waals surface area contributed by atoms with Crippen molar-refractivity contribution in [2.24, 2.45) is 0 Å². The third-order valence-electron chi connectivity index (χ3n) is 3.39. The van der Waals surface area contributed by atoms with Crippen LogP contribution in [-0.4, -0.2) is 42.8 Å². The van der Waals surface area contributed by atoms with E-state index in [9.17, 15) is 13.2 Å². The molecule has 1 atom stereocenters. The van der Waals surface area contributed by atoms with E-state index in [1.54, 1.807) is 0 Å². The van der Waals surface area contributed by atoms with Crippen LogP contribution in [0.3, 0.4) is 0 Å². The van der Waals surface area contributed by atoms with Gasteiger partial charge >= 0.3 is 0 Å².